The molecule has 1 heterocycles. The number of nitrogens with zero attached hydrogens (tertiary/aromatic N) is 2. The molecule has 0 N–H and O–H groups in total. The van der Waals surface area contributed by atoms with Crippen molar-refractivity contribution in [2.45, 2.75) is 15.1 Å². The normalized spacial score (nSPS) is 24.6. The number of ether oxygens (including phenoxy) is 2. The van der Waals surface area contributed by atoms with Crippen molar-refractivity contribution < 1.29 is 27.0 Å². The molecule has 1 aliphatic heterocycles. The molecule has 1 rings (SSSR count). The van der Waals surface area contributed by atoms with Gasteiger partial charge >= 0.3 is 6.17 Å². The van der Waals surface area contributed by atoms with Crippen LogP contribution in [0.15, 0.2) is 0 Å². The molecule has 126 valence electrons. The van der Waals surface area contributed by atoms with Gasteiger partial charge in [-0.2, -0.15) is 18.6 Å². The Morgan fingerprint density at radius 2 is 1.10 bits per heavy atom. The third kappa shape index (κ3) is 3.80. The van der Waals surface area contributed by atoms with E-state index in [4.69, 9.17) is 46.4 Å². The first-order valence-electron chi connectivity index (χ1n) is 5.60. The van der Waals surface area contributed by atoms with Crippen LogP contribution in [0.4, 0.5) is 17.6 Å². The highest BCUT2D eigenvalue weighted by Crippen LogP contribution is 2.58. The van der Waals surface area contributed by atoms with Gasteiger partial charge in [-0.05, 0) is 0 Å². The molecule has 21 heavy (non-hydrogen) atoms. The molecule has 0 aliphatic carbocycles. The molecule has 1 saturated heterocycles. The Balaban J connectivity index is 2.94. The lowest BCUT2D eigenvalue weighted by molar-refractivity contribution is -0.223. The lowest BCUT2D eigenvalue weighted by Gasteiger charge is -2.31. The second kappa shape index (κ2) is 7.53. The minimum absolute atomic E-state index is 0.258. The first-order chi connectivity index (χ1) is 9.64. The first kappa shape index (κ1) is 19.8. The van der Waals surface area contributed by atoms with Crippen molar-refractivity contribution in [3.8, 4) is 0 Å². The Labute approximate surface area is 138 Å². The average molecular weight is 398 g/mol. The van der Waals surface area contributed by atoms with Gasteiger partial charge < -0.3 is 9.47 Å². The highest BCUT2D eigenvalue weighted by molar-refractivity contribution is 6.62. The van der Waals surface area contributed by atoms with Gasteiger partial charge in [0.25, 0.3) is 0 Å². The van der Waals surface area contributed by atoms with Crippen LogP contribution in [-0.4, -0.2) is 64.9 Å². The summed E-state index contributed by atoms with van der Waals surface area (Å²) < 4.78 is 56.3. The summed E-state index contributed by atoms with van der Waals surface area (Å²) in [5, 5.41) is 0. The van der Waals surface area contributed by atoms with Crippen LogP contribution in [0.2, 0.25) is 0 Å². The third-order valence-corrected chi connectivity index (χ3v) is 5.06. The van der Waals surface area contributed by atoms with Crippen molar-refractivity contribution in [3.05, 3.63) is 0 Å². The zero-order chi connectivity index (χ0) is 16.3. The number of hydrogen-bond donors (Lipinski definition) is 0. The molecule has 1 fully saturated rings. The van der Waals surface area contributed by atoms with Crippen LogP contribution in [0, 0.1) is 0 Å². The van der Waals surface area contributed by atoms with E-state index < -0.39 is 55.1 Å². The Bertz CT molecular complexity index is 322. The van der Waals surface area contributed by atoms with E-state index in [0.717, 1.165) is 0 Å². The van der Waals surface area contributed by atoms with Gasteiger partial charge in [0.05, 0.1) is 13.2 Å². The summed E-state index contributed by atoms with van der Waals surface area (Å²) in [5.41, 5.74) is 0. The Kier molecular flexibility index (Phi) is 7.08. The maximum Gasteiger partial charge on any atom is 0.374 e. The van der Waals surface area contributed by atoms with Crippen molar-refractivity contribution in [1.82, 2.24) is 9.80 Å². The van der Waals surface area contributed by atoms with Crippen molar-refractivity contribution in [2.75, 3.05) is 40.0 Å². The fraction of sp³-hybridized carbons (Fsp3) is 1.00. The Morgan fingerprint density at radius 1 is 0.762 bits per heavy atom. The summed E-state index contributed by atoms with van der Waals surface area (Å²) in [6, 6.07) is 0. The summed E-state index contributed by atoms with van der Waals surface area (Å²) >= 11 is 23.4. The zero-order valence-electron chi connectivity index (χ0n) is 10.5. The average Bonchev–Trinajstić information content (AvgIpc) is 2.47. The highest BCUT2D eigenvalue weighted by Gasteiger charge is 2.73. The number of alkyl halides is 8. The first-order valence-corrected chi connectivity index (χ1v) is 7.11. The zero-order valence-corrected chi connectivity index (χ0v) is 13.5. The monoisotopic (exact) mass is 396 g/mol. The predicted octanol–water partition coefficient (Wildman–Crippen LogP) is 3.30. The van der Waals surface area contributed by atoms with E-state index in [1.807, 2.05) is 0 Å². The van der Waals surface area contributed by atoms with E-state index in [9.17, 15) is 17.6 Å². The molecule has 0 saturated carbocycles. The minimum atomic E-state index is -3.77. The molecule has 0 amide bonds. The second-order valence-electron chi connectivity index (χ2n) is 3.93. The largest absolute Gasteiger partial charge is 0.374 e. The number of rotatable bonds is 8. The molecule has 1 aliphatic rings. The lowest BCUT2D eigenvalue weighted by atomic mass is 10.5. The number of hydrogen-bond acceptors (Lipinski definition) is 4. The van der Waals surface area contributed by atoms with Gasteiger partial charge in [0, 0.05) is 13.1 Å². The van der Waals surface area contributed by atoms with Crippen LogP contribution in [0.1, 0.15) is 0 Å². The number of halogens is 8. The maximum atomic E-state index is 14.3. The molecule has 0 atom stereocenters. The summed E-state index contributed by atoms with van der Waals surface area (Å²) in [6.45, 7) is -4.20. The minimum Gasteiger partial charge on any atom is -0.349 e. The SMILES string of the molecule is FCOCCN1C(F)(F)N(CCOCF)C(Cl)(Cl)C1(Cl)Cl. The van der Waals surface area contributed by atoms with Crippen LogP contribution in [0.5, 0.6) is 0 Å². The molecule has 0 aromatic heterocycles. The van der Waals surface area contributed by atoms with Gasteiger partial charge in [-0.3, -0.25) is 0 Å². The molecule has 0 aromatic carbocycles. The van der Waals surface area contributed by atoms with Gasteiger partial charge in [0.2, 0.25) is 8.91 Å². The summed E-state index contributed by atoms with van der Waals surface area (Å²) in [6.07, 6.45) is -3.77. The van der Waals surface area contributed by atoms with Crippen LogP contribution >= 0.6 is 46.4 Å². The van der Waals surface area contributed by atoms with Crippen LogP contribution in [0.3, 0.4) is 0 Å². The smallest absolute Gasteiger partial charge is 0.349 e. The van der Waals surface area contributed by atoms with E-state index >= 15 is 0 Å². The van der Waals surface area contributed by atoms with E-state index in [0.29, 0.717) is 0 Å². The fourth-order valence-electron chi connectivity index (χ4n) is 1.78. The summed E-state index contributed by atoms with van der Waals surface area (Å²) in [7, 11) is 0. The standard InChI is InChI=1S/C9H12Cl4F4N2O2/c10-7(11)8(12,13)19(2-4-21-6-15)9(16,17)18(7)1-3-20-5-14/h1-6H2. The van der Waals surface area contributed by atoms with E-state index in [-0.39, 0.29) is 9.80 Å². The lowest BCUT2D eigenvalue weighted by Crippen LogP contribution is -2.50. The quantitative estimate of drug-likeness (QED) is 0.271. The van der Waals surface area contributed by atoms with Crippen LogP contribution < -0.4 is 0 Å². The molecule has 4 nitrogen and oxygen atoms in total. The van der Waals surface area contributed by atoms with Gasteiger partial charge in [0.1, 0.15) is 0 Å². The second-order valence-corrected chi connectivity index (χ2v) is 6.50. The van der Waals surface area contributed by atoms with Gasteiger partial charge in [-0.1, -0.05) is 46.4 Å². The molecular weight excluding hydrogens is 386 g/mol. The fourth-order valence-corrected chi connectivity index (χ4v) is 2.93. The maximum absolute atomic E-state index is 14.3. The van der Waals surface area contributed by atoms with Crippen molar-refractivity contribution in [1.29, 1.82) is 0 Å². The molecule has 12 heteroatoms. The highest BCUT2D eigenvalue weighted by atomic mass is 35.5. The van der Waals surface area contributed by atoms with Crippen LogP contribution in [0.25, 0.3) is 0 Å². The van der Waals surface area contributed by atoms with Gasteiger partial charge in [0.15, 0.2) is 13.7 Å². The Morgan fingerprint density at radius 3 is 1.38 bits per heavy atom. The summed E-state index contributed by atoms with van der Waals surface area (Å²) in [4.78, 5) is 0.516. The molecule has 0 bridgehead atoms. The molecule has 0 unspecified atom stereocenters. The van der Waals surface area contributed by atoms with Gasteiger partial charge in [-0.25, -0.2) is 8.78 Å². The van der Waals surface area contributed by atoms with Crippen molar-refractivity contribution in [3.63, 3.8) is 0 Å². The van der Waals surface area contributed by atoms with E-state index in [1.165, 1.54) is 0 Å². The van der Waals surface area contributed by atoms with Crippen molar-refractivity contribution in [2.24, 2.45) is 0 Å². The third-order valence-electron chi connectivity index (χ3n) is 2.76. The van der Waals surface area contributed by atoms with Gasteiger partial charge in [-0.15, -0.1) is 0 Å². The van der Waals surface area contributed by atoms with E-state index in [1.54, 1.807) is 0 Å². The van der Waals surface area contributed by atoms with Crippen LogP contribution in [-0.2, 0) is 9.47 Å². The molecule has 0 aromatic rings. The molecule has 0 radical (unpaired) electrons. The Hall–Kier alpha value is 0.720. The van der Waals surface area contributed by atoms with E-state index in [2.05, 4.69) is 9.47 Å². The van der Waals surface area contributed by atoms with Crippen molar-refractivity contribution >= 4 is 46.4 Å². The molecular formula is C9H12Cl4F4N2O2. The topological polar surface area (TPSA) is 24.9 Å². The summed E-state index contributed by atoms with van der Waals surface area (Å²) in [5.74, 6) is 0. The molecule has 0 spiro atoms. The predicted molar refractivity (Wildman–Crippen MR) is 71.1 cm³/mol.